The molecule has 0 fully saturated rings. The van der Waals surface area contributed by atoms with Crippen LogP contribution in [-0.2, 0) is 6.54 Å². The van der Waals surface area contributed by atoms with Gasteiger partial charge in [0.2, 0.25) is 0 Å². The molecular formula is C16H14FN3O. The molecule has 2 aromatic rings. The van der Waals surface area contributed by atoms with Crippen LogP contribution in [0.15, 0.2) is 42.5 Å². The number of hydrogen-bond acceptors (Lipinski definition) is 3. The van der Waals surface area contributed by atoms with Crippen LogP contribution in [0.25, 0.3) is 0 Å². The Morgan fingerprint density at radius 3 is 2.76 bits per heavy atom. The summed E-state index contributed by atoms with van der Waals surface area (Å²) in [5.41, 5.74) is 7.01. The van der Waals surface area contributed by atoms with Crippen molar-refractivity contribution in [1.82, 2.24) is 4.90 Å². The Kier molecular flexibility index (Phi) is 4.19. The molecule has 21 heavy (non-hydrogen) atoms. The van der Waals surface area contributed by atoms with Crippen LogP contribution >= 0.6 is 0 Å². The second-order valence-electron chi connectivity index (χ2n) is 4.71. The number of benzene rings is 2. The van der Waals surface area contributed by atoms with Crippen LogP contribution in [-0.4, -0.2) is 17.9 Å². The first-order chi connectivity index (χ1) is 10.0. The Hall–Kier alpha value is -2.87. The molecule has 0 aliphatic rings. The number of nitrogens with zero attached hydrogens (tertiary/aromatic N) is 2. The van der Waals surface area contributed by atoms with Gasteiger partial charge in [-0.2, -0.15) is 5.26 Å². The predicted molar refractivity (Wildman–Crippen MR) is 77.8 cm³/mol. The summed E-state index contributed by atoms with van der Waals surface area (Å²) in [6.07, 6.45) is 0. The Bertz CT molecular complexity index is 722. The molecule has 0 saturated heterocycles. The van der Waals surface area contributed by atoms with Gasteiger partial charge in [0.05, 0.1) is 17.3 Å². The summed E-state index contributed by atoms with van der Waals surface area (Å²) in [6.45, 7) is 0.334. The van der Waals surface area contributed by atoms with Gasteiger partial charge >= 0.3 is 0 Å². The molecule has 106 valence electrons. The standard InChI is InChI=1S/C16H14FN3O/c1-20(10-12-4-2-3-11(7-12)9-18)16(21)13-5-6-15(19)14(17)8-13/h2-8H,10,19H2,1H3. The summed E-state index contributed by atoms with van der Waals surface area (Å²) in [5.74, 6) is -0.919. The highest BCUT2D eigenvalue weighted by Gasteiger charge is 2.13. The number of nitriles is 1. The van der Waals surface area contributed by atoms with Crippen LogP contribution in [0.5, 0.6) is 0 Å². The van der Waals surface area contributed by atoms with E-state index in [1.54, 1.807) is 25.2 Å². The normalized spacial score (nSPS) is 9.95. The van der Waals surface area contributed by atoms with Gasteiger partial charge in [-0.1, -0.05) is 12.1 Å². The Balaban J connectivity index is 2.15. The zero-order valence-corrected chi connectivity index (χ0v) is 11.5. The topological polar surface area (TPSA) is 70.1 Å². The smallest absolute Gasteiger partial charge is 0.254 e. The first-order valence-corrected chi connectivity index (χ1v) is 6.31. The third-order valence-electron chi connectivity index (χ3n) is 3.07. The van der Waals surface area contributed by atoms with E-state index in [0.29, 0.717) is 12.1 Å². The number of halogens is 1. The molecule has 5 heteroatoms. The number of nitrogens with two attached hydrogens (primary N) is 1. The summed E-state index contributed by atoms with van der Waals surface area (Å²) in [6, 6.07) is 13.0. The molecule has 0 spiro atoms. The summed E-state index contributed by atoms with van der Waals surface area (Å²) in [7, 11) is 1.62. The number of hydrogen-bond donors (Lipinski definition) is 1. The van der Waals surface area contributed by atoms with E-state index < -0.39 is 5.82 Å². The highest BCUT2D eigenvalue weighted by atomic mass is 19.1. The molecule has 0 aromatic heterocycles. The van der Waals surface area contributed by atoms with Crippen LogP contribution < -0.4 is 5.73 Å². The van der Waals surface area contributed by atoms with Gasteiger partial charge in [-0.15, -0.1) is 0 Å². The van der Waals surface area contributed by atoms with E-state index in [-0.39, 0.29) is 17.2 Å². The van der Waals surface area contributed by atoms with Crippen LogP contribution in [0.3, 0.4) is 0 Å². The van der Waals surface area contributed by atoms with E-state index in [4.69, 9.17) is 11.0 Å². The zero-order valence-electron chi connectivity index (χ0n) is 11.5. The number of carbonyl (C=O) groups excluding carboxylic acids is 1. The fourth-order valence-corrected chi connectivity index (χ4v) is 1.97. The second-order valence-corrected chi connectivity index (χ2v) is 4.71. The lowest BCUT2D eigenvalue weighted by Gasteiger charge is -2.17. The fourth-order valence-electron chi connectivity index (χ4n) is 1.97. The molecule has 0 unspecified atom stereocenters. The molecule has 2 N–H and O–H groups in total. The van der Waals surface area contributed by atoms with Crippen molar-refractivity contribution in [2.45, 2.75) is 6.54 Å². The summed E-state index contributed by atoms with van der Waals surface area (Å²) in [4.78, 5) is 13.7. The third kappa shape index (κ3) is 3.37. The minimum absolute atomic E-state index is 0.0101. The monoisotopic (exact) mass is 283 g/mol. The number of anilines is 1. The summed E-state index contributed by atoms with van der Waals surface area (Å²) < 4.78 is 13.4. The summed E-state index contributed by atoms with van der Waals surface area (Å²) >= 11 is 0. The first-order valence-electron chi connectivity index (χ1n) is 6.31. The molecular weight excluding hydrogens is 269 g/mol. The molecule has 0 radical (unpaired) electrons. The number of amides is 1. The number of carbonyl (C=O) groups is 1. The van der Waals surface area contributed by atoms with Gasteiger partial charge in [0.25, 0.3) is 5.91 Å². The van der Waals surface area contributed by atoms with Gasteiger partial charge in [-0.05, 0) is 35.9 Å². The Labute approximate surface area is 122 Å². The van der Waals surface area contributed by atoms with Crippen LogP contribution in [0.4, 0.5) is 10.1 Å². The minimum Gasteiger partial charge on any atom is -0.396 e. The molecule has 0 atom stereocenters. The van der Waals surface area contributed by atoms with E-state index in [0.717, 1.165) is 11.6 Å². The van der Waals surface area contributed by atoms with Gasteiger partial charge in [0.15, 0.2) is 0 Å². The van der Waals surface area contributed by atoms with Gasteiger partial charge in [-0.25, -0.2) is 4.39 Å². The lowest BCUT2D eigenvalue weighted by Crippen LogP contribution is -2.26. The summed E-state index contributed by atoms with van der Waals surface area (Å²) in [5, 5.41) is 8.86. The fraction of sp³-hybridized carbons (Fsp3) is 0.125. The van der Waals surface area contributed by atoms with Crippen molar-refractivity contribution in [3.8, 4) is 6.07 Å². The van der Waals surface area contributed by atoms with Gasteiger partial charge in [-0.3, -0.25) is 4.79 Å². The van der Waals surface area contributed by atoms with Crippen molar-refractivity contribution in [1.29, 1.82) is 5.26 Å². The van der Waals surface area contributed by atoms with Crippen molar-refractivity contribution in [2.75, 3.05) is 12.8 Å². The van der Waals surface area contributed by atoms with Crippen molar-refractivity contribution in [3.63, 3.8) is 0 Å². The van der Waals surface area contributed by atoms with Gasteiger partial charge in [0, 0.05) is 19.2 Å². The number of rotatable bonds is 3. The van der Waals surface area contributed by atoms with Crippen LogP contribution in [0.2, 0.25) is 0 Å². The SMILES string of the molecule is CN(Cc1cccc(C#N)c1)C(=O)c1ccc(N)c(F)c1. The van der Waals surface area contributed by atoms with E-state index in [2.05, 4.69) is 0 Å². The average Bonchev–Trinajstić information content (AvgIpc) is 2.49. The second kappa shape index (κ2) is 6.06. The van der Waals surface area contributed by atoms with Crippen molar-refractivity contribution in [3.05, 3.63) is 65.0 Å². The maximum absolute atomic E-state index is 13.4. The largest absolute Gasteiger partial charge is 0.396 e. The van der Waals surface area contributed by atoms with E-state index >= 15 is 0 Å². The highest BCUT2D eigenvalue weighted by molar-refractivity contribution is 5.94. The molecule has 1 amide bonds. The minimum atomic E-state index is -0.610. The van der Waals surface area contributed by atoms with Crippen molar-refractivity contribution in [2.24, 2.45) is 0 Å². The predicted octanol–water partition coefficient (Wildman–Crippen LogP) is 2.55. The maximum Gasteiger partial charge on any atom is 0.254 e. The maximum atomic E-state index is 13.4. The van der Waals surface area contributed by atoms with Gasteiger partial charge < -0.3 is 10.6 Å². The van der Waals surface area contributed by atoms with Crippen LogP contribution in [0.1, 0.15) is 21.5 Å². The lowest BCUT2D eigenvalue weighted by atomic mass is 10.1. The van der Waals surface area contributed by atoms with E-state index in [1.165, 1.54) is 17.0 Å². The van der Waals surface area contributed by atoms with E-state index in [9.17, 15) is 9.18 Å². The molecule has 2 aromatic carbocycles. The molecule has 0 aliphatic heterocycles. The van der Waals surface area contributed by atoms with Crippen LogP contribution in [0, 0.1) is 17.1 Å². The van der Waals surface area contributed by atoms with Crippen molar-refractivity contribution >= 4 is 11.6 Å². The van der Waals surface area contributed by atoms with E-state index in [1.807, 2.05) is 12.1 Å². The molecule has 0 bridgehead atoms. The number of nitrogen functional groups attached to an aromatic ring is 1. The molecule has 0 saturated carbocycles. The van der Waals surface area contributed by atoms with Gasteiger partial charge in [0.1, 0.15) is 5.82 Å². The first kappa shape index (κ1) is 14.5. The zero-order chi connectivity index (χ0) is 15.4. The average molecular weight is 283 g/mol. The molecule has 4 nitrogen and oxygen atoms in total. The Morgan fingerprint density at radius 2 is 2.10 bits per heavy atom. The molecule has 2 rings (SSSR count). The van der Waals surface area contributed by atoms with Crippen molar-refractivity contribution < 1.29 is 9.18 Å². The lowest BCUT2D eigenvalue weighted by molar-refractivity contribution is 0.0784. The Morgan fingerprint density at radius 1 is 1.33 bits per heavy atom. The molecule has 0 aliphatic carbocycles. The third-order valence-corrected chi connectivity index (χ3v) is 3.07. The quantitative estimate of drug-likeness (QED) is 0.880. The molecule has 0 heterocycles. The highest BCUT2D eigenvalue weighted by Crippen LogP contribution is 2.15.